The number of halogens is 1. The van der Waals surface area contributed by atoms with Crippen molar-refractivity contribution in [1.29, 1.82) is 0 Å². The maximum atomic E-state index is 14.4. The molecule has 0 aliphatic carbocycles. The molecule has 1 heterocycles. The number of anilines is 1. The Kier molecular flexibility index (Phi) is 5.28. The minimum Gasteiger partial charge on any atom is -0.453 e. The molecule has 0 unspecified atom stereocenters. The van der Waals surface area contributed by atoms with Crippen LogP contribution in [0.3, 0.4) is 0 Å². The zero-order chi connectivity index (χ0) is 18.5. The molecule has 3 rings (SSSR count). The zero-order valence-corrected chi connectivity index (χ0v) is 14.1. The third-order valence-electron chi connectivity index (χ3n) is 3.68. The van der Waals surface area contributed by atoms with Crippen molar-refractivity contribution >= 4 is 22.5 Å². The topological polar surface area (TPSA) is 83.2 Å². The van der Waals surface area contributed by atoms with E-state index in [2.05, 4.69) is 15.6 Å². The van der Waals surface area contributed by atoms with E-state index in [9.17, 15) is 14.0 Å². The molecule has 3 aromatic rings. The number of pyridine rings is 1. The average Bonchev–Trinajstić information content (AvgIpc) is 2.62. The fraction of sp³-hybridized carbons (Fsp3) is 0.158. The molecule has 0 spiro atoms. The number of carbonyl (C=O) groups is 1. The van der Waals surface area contributed by atoms with Crippen LogP contribution in [0.15, 0.2) is 53.3 Å². The standard InChI is InChI=1S/C19H18FN3O3/c1-2-21-11-19(25)22-12-7-8-16(14(20)9-12)26-17-10-18(24)23-15-6-4-3-5-13(15)17/h3-10,21H,2,11H2,1H3,(H,22,25)(H,23,24). The van der Waals surface area contributed by atoms with E-state index in [-0.39, 0.29) is 29.5 Å². The minimum atomic E-state index is -0.643. The number of carbonyl (C=O) groups excluding carboxylic acids is 1. The van der Waals surface area contributed by atoms with Gasteiger partial charge in [-0.3, -0.25) is 9.59 Å². The molecular formula is C19H18FN3O3. The second kappa shape index (κ2) is 7.79. The number of hydrogen-bond donors (Lipinski definition) is 3. The van der Waals surface area contributed by atoms with Crippen LogP contribution in [0.1, 0.15) is 6.92 Å². The number of H-pyrrole nitrogens is 1. The normalized spacial score (nSPS) is 10.7. The molecule has 134 valence electrons. The summed E-state index contributed by atoms with van der Waals surface area (Å²) in [5.74, 6) is -0.686. The lowest BCUT2D eigenvalue weighted by Gasteiger charge is -2.11. The number of amides is 1. The molecule has 3 N–H and O–H groups in total. The molecule has 0 saturated heterocycles. The number of ether oxygens (including phenoxy) is 1. The number of fused-ring (bicyclic) bond motifs is 1. The number of aromatic amines is 1. The van der Waals surface area contributed by atoms with Crippen LogP contribution in [-0.4, -0.2) is 24.0 Å². The van der Waals surface area contributed by atoms with Gasteiger partial charge in [-0.05, 0) is 30.8 Å². The Hall–Kier alpha value is -3.19. The van der Waals surface area contributed by atoms with Gasteiger partial charge in [-0.1, -0.05) is 19.1 Å². The van der Waals surface area contributed by atoms with Crippen LogP contribution in [0.25, 0.3) is 10.9 Å². The molecule has 7 heteroatoms. The third kappa shape index (κ3) is 4.07. The molecule has 0 bridgehead atoms. The van der Waals surface area contributed by atoms with Crippen LogP contribution in [-0.2, 0) is 4.79 Å². The van der Waals surface area contributed by atoms with Gasteiger partial charge in [-0.25, -0.2) is 4.39 Å². The van der Waals surface area contributed by atoms with Gasteiger partial charge in [0.05, 0.1) is 12.1 Å². The summed E-state index contributed by atoms with van der Waals surface area (Å²) in [6.45, 7) is 2.70. The van der Waals surface area contributed by atoms with Crippen molar-refractivity contribution in [2.24, 2.45) is 0 Å². The number of rotatable bonds is 6. The highest BCUT2D eigenvalue weighted by atomic mass is 19.1. The summed E-state index contributed by atoms with van der Waals surface area (Å²) < 4.78 is 20.0. The second-order valence-corrected chi connectivity index (χ2v) is 5.62. The summed E-state index contributed by atoms with van der Waals surface area (Å²) in [6, 6.07) is 12.5. The van der Waals surface area contributed by atoms with Crippen molar-refractivity contribution in [3.63, 3.8) is 0 Å². The molecule has 0 saturated carbocycles. The third-order valence-corrected chi connectivity index (χ3v) is 3.68. The van der Waals surface area contributed by atoms with Gasteiger partial charge in [0.25, 0.3) is 5.56 Å². The van der Waals surface area contributed by atoms with Crippen molar-refractivity contribution in [2.75, 3.05) is 18.4 Å². The SMILES string of the molecule is CCNCC(=O)Nc1ccc(Oc2cc(=O)[nH]c3ccccc23)c(F)c1. The molecule has 0 aliphatic rings. The Labute approximate surface area is 149 Å². The van der Waals surface area contributed by atoms with Gasteiger partial charge >= 0.3 is 0 Å². The Morgan fingerprint density at radius 2 is 1.96 bits per heavy atom. The van der Waals surface area contributed by atoms with E-state index in [0.29, 0.717) is 23.1 Å². The number of aromatic nitrogens is 1. The van der Waals surface area contributed by atoms with E-state index in [4.69, 9.17) is 4.74 Å². The molecule has 0 atom stereocenters. The Balaban J connectivity index is 1.83. The maximum absolute atomic E-state index is 14.4. The van der Waals surface area contributed by atoms with Gasteiger partial charge < -0.3 is 20.4 Å². The molecule has 6 nitrogen and oxygen atoms in total. The fourth-order valence-electron chi connectivity index (χ4n) is 2.48. The zero-order valence-electron chi connectivity index (χ0n) is 14.1. The van der Waals surface area contributed by atoms with Crippen molar-refractivity contribution in [3.8, 4) is 11.5 Å². The lowest BCUT2D eigenvalue weighted by Crippen LogP contribution is -2.27. The highest BCUT2D eigenvalue weighted by molar-refractivity contribution is 5.92. The van der Waals surface area contributed by atoms with E-state index < -0.39 is 5.82 Å². The van der Waals surface area contributed by atoms with Gasteiger partial charge in [0.15, 0.2) is 11.6 Å². The number of para-hydroxylation sites is 1. The van der Waals surface area contributed by atoms with Crippen LogP contribution in [0.4, 0.5) is 10.1 Å². The number of benzene rings is 2. The van der Waals surface area contributed by atoms with E-state index in [0.717, 1.165) is 0 Å². The van der Waals surface area contributed by atoms with Gasteiger partial charge in [-0.2, -0.15) is 0 Å². The Bertz CT molecular complexity index is 1000. The van der Waals surface area contributed by atoms with Gasteiger partial charge in [0.2, 0.25) is 5.91 Å². The van der Waals surface area contributed by atoms with Crippen molar-refractivity contribution in [1.82, 2.24) is 10.3 Å². The van der Waals surface area contributed by atoms with Crippen LogP contribution in [0.5, 0.6) is 11.5 Å². The summed E-state index contributed by atoms with van der Waals surface area (Å²) in [4.78, 5) is 26.1. The maximum Gasteiger partial charge on any atom is 0.252 e. The monoisotopic (exact) mass is 355 g/mol. The Morgan fingerprint density at radius 1 is 1.15 bits per heavy atom. The van der Waals surface area contributed by atoms with Crippen LogP contribution < -0.4 is 20.9 Å². The van der Waals surface area contributed by atoms with Gasteiger partial charge in [-0.15, -0.1) is 0 Å². The van der Waals surface area contributed by atoms with E-state index in [1.807, 2.05) is 6.92 Å². The average molecular weight is 355 g/mol. The van der Waals surface area contributed by atoms with Crippen LogP contribution >= 0.6 is 0 Å². The predicted molar refractivity (Wildman–Crippen MR) is 98.2 cm³/mol. The molecule has 0 fully saturated rings. The molecule has 0 radical (unpaired) electrons. The Morgan fingerprint density at radius 3 is 2.73 bits per heavy atom. The highest BCUT2D eigenvalue weighted by Crippen LogP contribution is 2.30. The molecular weight excluding hydrogens is 337 g/mol. The summed E-state index contributed by atoms with van der Waals surface area (Å²) in [5.41, 5.74) is 0.586. The first-order valence-corrected chi connectivity index (χ1v) is 8.17. The second-order valence-electron chi connectivity index (χ2n) is 5.62. The van der Waals surface area contributed by atoms with E-state index in [1.54, 1.807) is 24.3 Å². The summed E-state index contributed by atoms with van der Waals surface area (Å²) in [5, 5.41) is 6.14. The summed E-state index contributed by atoms with van der Waals surface area (Å²) in [7, 11) is 0. The largest absolute Gasteiger partial charge is 0.453 e. The van der Waals surface area contributed by atoms with Crippen molar-refractivity contribution in [3.05, 3.63) is 64.7 Å². The minimum absolute atomic E-state index is 0.0366. The smallest absolute Gasteiger partial charge is 0.252 e. The van der Waals surface area contributed by atoms with Gasteiger partial charge in [0.1, 0.15) is 5.75 Å². The summed E-state index contributed by atoms with van der Waals surface area (Å²) in [6.07, 6.45) is 0. The van der Waals surface area contributed by atoms with Crippen LogP contribution in [0.2, 0.25) is 0 Å². The van der Waals surface area contributed by atoms with E-state index >= 15 is 0 Å². The highest BCUT2D eigenvalue weighted by Gasteiger charge is 2.11. The first-order chi connectivity index (χ1) is 12.6. The number of hydrogen-bond acceptors (Lipinski definition) is 4. The number of nitrogens with one attached hydrogen (secondary N) is 3. The summed E-state index contributed by atoms with van der Waals surface area (Å²) >= 11 is 0. The van der Waals surface area contributed by atoms with Gasteiger partial charge in [0, 0.05) is 23.2 Å². The molecule has 0 aliphatic heterocycles. The first-order valence-electron chi connectivity index (χ1n) is 8.17. The lowest BCUT2D eigenvalue weighted by atomic mass is 10.2. The molecule has 1 aromatic heterocycles. The molecule has 2 aromatic carbocycles. The molecule has 1 amide bonds. The first kappa shape index (κ1) is 17.6. The predicted octanol–water partition coefficient (Wildman–Crippen LogP) is 3.01. The van der Waals surface area contributed by atoms with E-state index in [1.165, 1.54) is 24.3 Å². The fourth-order valence-corrected chi connectivity index (χ4v) is 2.48. The number of likely N-dealkylation sites (N-methyl/N-ethyl adjacent to an activating group) is 1. The van der Waals surface area contributed by atoms with Crippen molar-refractivity contribution in [2.45, 2.75) is 6.92 Å². The van der Waals surface area contributed by atoms with Crippen LogP contribution in [0, 0.1) is 5.82 Å². The lowest BCUT2D eigenvalue weighted by molar-refractivity contribution is -0.115. The molecule has 26 heavy (non-hydrogen) atoms. The van der Waals surface area contributed by atoms with Crippen molar-refractivity contribution < 1.29 is 13.9 Å². The quantitative estimate of drug-likeness (QED) is 0.635.